The van der Waals surface area contributed by atoms with Crippen LogP contribution >= 0.6 is 11.6 Å². The number of hydrogen-bond donors (Lipinski definition) is 2. The lowest BCUT2D eigenvalue weighted by molar-refractivity contribution is 0.187. The molecule has 2 amide bonds. The fraction of sp³-hybridized carbons (Fsp3) is 0.500. The number of nitrogens with one attached hydrogen (secondary N) is 1. The number of aryl methyl sites for hydroxylation is 1. The molecule has 4 nitrogen and oxygen atoms in total. The van der Waals surface area contributed by atoms with Crippen molar-refractivity contribution in [2.24, 2.45) is 0 Å². The molecule has 1 rings (SSSR count). The second-order valence-electron chi connectivity index (χ2n) is 4.45. The van der Waals surface area contributed by atoms with Crippen LogP contribution in [0.3, 0.4) is 0 Å². The van der Waals surface area contributed by atoms with Gasteiger partial charge >= 0.3 is 6.03 Å². The SMILES string of the molecule is CCCCN(CCO)C(=O)Nc1cc(Cl)ccc1C. The summed E-state index contributed by atoms with van der Waals surface area (Å²) in [6.45, 7) is 4.92. The van der Waals surface area contributed by atoms with Crippen molar-refractivity contribution in [3.05, 3.63) is 28.8 Å². The quantitative estimate of drug-likeness (QED) is 0.842. The van der Waals surface area contributed by atoms with E-state index in [1.54, 1.807) is 17.0 Å². The molecule has 2 N–H and O–H groups in total. The van der Waals surface area contributed by atoms with E-state index in [2.05, 4.69) is 12.2 Å². The van der Waals surface area contributed by atoms with Crippen molar-refractivity contribution < 1.29 is 9.90 Å². The topological polar surface area (TPSA) is 52.6 Å². The molecule has 1 aromatic carbocycles. The zero-order chi connectivity index (χ0) is 14.3. The first kappa shape index (κ1) is 15.8. The van der Waals surface area contributed by atoms with E-state index in [-0.39, 0.29) is 12.6 Å². The minimum atomic E-state index is -0.201. The summed E-state index contributed by atoms with van der Waals surface area (Å²) in [6.07, 6.45) is 1.92. The van der Waals surface area contributed by atoms with E-state index in [0.29, 0.717) is 23.8 Å². The van der Waals surface area contributed by atoms with Crippen LogP contribution < -0.4 is 5.32 Å². The molecule has 0 aliphatic heterocycles. The number of carbonyl (C=O) groups excluding carboxylic acids is 1. The molecule has 0 atom stereocenters. The molecule has 19 heavy (non-hydrogen) atoms. The maximum atomic E-state index is 12.1. The van der Waals surface area contributed by atoms with Gasteiger partial charge in [-0.2, -0.15) is 0 Å². The molecule has 5 heteroatoms. The maximum Gasteiger partial charge on any atom is 0.321 e. The number of halogens is 1. The zero-order valence-corrected chi connectivity index (χ0v) is 12.2. The second kappa shape index (κ2) is 8.02. The molecule has 1 aromatic rings. The third kappa shape index (κ3) is 5.09. The minimum absolute atomic E-state index is 0.0360. The van der Waals surface area contributed by atoms with Gasteiger partial charge in [0.05, 0.1) is 6.61 Å². The van der Waals surface area contributed by atoms with Crippen molar-refractivity contribution in [2.45, 2.75) is 26.7 Å². The third-order valence-corrected chi connectivity index (χ3v) is 3.12. The van der Waals surface area contributed by atoms with Crippen molar-refractivity contribution in [1.29, 1.82) is 0 Å². The molecule has 0 aliphatic rings. The van der Waals surface area contributed by atoms with Crippen LogP contribution in [0.2, 0.25) is 5.02 Å². The van der Waals surface area contributed by atoms with Gasteiger partial charge in [0.1, 0.15) is 0 Å². The molecule has 0 aromatic heterocycles. The molecular weight excluding hydrogens is 264 g/mol. The number of rotatable bonds is 6. The Morgan fingerprint density at radius 3 is 2.79 bits per heavy atom. The highest BCUT2D eigenvalue weighted by Crippen LogP contribution is 2.20. The number of aliphatic hydroxyl groups excluding tert-OH is 1. The van der Waals surface area contributed by atoms with E-state index in [1.807, 2.05) is 13.0 Å². The summed E-state index contributed by atoms with van der Waals surface area (Å²) in [6, 6.07) is 5.18. The summed E-state index contributed by atoms with van der Waals surface area (Å²) in [4.78, 5) is 13.7. The number of amides is 2. The van der Waals surface area contributed by atoms with Gasteiger partial charge in [0.2, 0.25) is 0 Å². The normalized spacial score (nSPS) is 10.3. The lowest BCUT2D eigenvalue weighted by Gasteiger charge is -2.22. The van der Waals surface area contributed by atoms with E-state index >= 15 is 0 Å². The largest absolute Gasteiger partial charge is 0.395 e. The minimum Gasteiger partial charge on any atom is -0.395 e. The second-order valence-corrected chi connectivity index (χ2v) is 4.89. The van der Waals surface area contributed by atoms with Crippen LogP contribution in [0.1, 0.15) is 25.3 Å². The number of hydrogen-bond acceptors (Lipinski definition) is 2. The lowest BCUT2D eigenvalue weighted by atomic mass is 10.2. The van der Waals surface area contributed by atoms with Gasteiger partial charge in [-0.3, -0.25) is 0 Å². The van der Waals surface area contributed by atoms with Gasteiger partial charge in [-0.05, 0) is 31.0 Å². The Morgan fingerprint density at radius 1 is 1.42 bits per heavy atom. The third-order valence-electron chi connectivity index (χ3n) is 2.88. The average Bonchev–Trinajstić information content (AvgIpc) is 2.38. The molecular formula is C14H21ClN2O2. The van der Waals surface area contributed by atoms with Crippen LogP contribution in [0.25, 0.3) is 0 Å². The molecule has 0 saturated heterocycles. The average molecular weight is 285 g/mol. The van der Waals surface area contributed by atoms with E-state index in [4.69, 9.17) is 16.7 Å². The number of benzene rings is 1. The number of urea groups is 1. The molecule has 0 bridgehead atoms. The molecule has 0 aliphatic carbocycles. The molecule has 0 unspecified atom stereocenters. The molecule has 0 fully saturated rings. The summed E-state index contributed by atoms with van der Waals surface area (Å²) in [5, 5.41) is 12.4. The number of nitrogens with zero attached hydrogens (tertiary/aromatic N) is 1. The van der Waals surface area contributed by atoms with Crippen LogP contribution in [-0.2, 0) is 0 Å². The molecule has 0 spiro atoms. The lowest BCUT2D eigenvalue weighted by Crippen LogP contribution is -2.37. The van der Waals surface area contributed by atoms with Crippen LogP contribution in [0.5, 0.6) is 0 Å². The Kier molecular flexibility index (Phi) is 6.67. The van der Waals surface area contributed by atoms with E-state index in [9.17, 15) is 4.79 Å². The van der Waals surface area contributed by atoms with E-state index in [0.717, 1.165) is 18.4 Å². The predicted octanol–water partition coefficient (Wildman–Crippen LogP) is 3.27. The Hall–Kier alpha value is -1.26. The van der Waals surface area contributed by atoms with Gasteiger partial charge in [-0.15, -0.1) is 0 Å². The number of unbranched alkanes of at least 4 members (excludes halogenated alkanes) is 1. The van der Waals surface area contributed by atoms with Gasteiger partial charge in [0.15, 0.2) is 0 Å². The van der Waals surface area contributed by atoms with Crippen molar-refractivity contribution >= 4 is 23.3 Å². The fourth-order valence-electron chi connectivity index (χ4n) is 1.71. The maximum absolute atomic E-state index is 12.1. The van der Waals surface area contributed by atoms with Gasteiger partial charge in [-0.1, -0.05) is 31.0 Å². The first-order valence-electron chi connectivity index (χ1n) is 6.51. The number of carbonyl (C=O) groups is 1. The first-order valence-corrected chi connectivity index (χ1v) is 6.89. The summed E-state index contributed by atoms with van der Waals surface area (Å²) in [7, 11) is 0. The first-order chi connectivity index (χ1) is 9.08. The molecule has 0 heterocycles. The Balaban J connectivity index is 2.71. The molecule has 0 radical (unpaired) electrons. The van der Waals surface area contributed by atoms with Crippen LogP contribution in [-0.4, -0.2) is 35.7 Å². The molecule has 0 saturated carbocycles. The Labute approximate surface area is 119 Å². The van der Waals surface area contributed by atoms with Crippen molar-refractivity contribution in [2.75, 3.05) is 25.0 Å². The van der Waals surface area contributed by atoms with Crippen molar-refractivity contribution in [3.8, 4) is 0 Å². The van der Waals surface area contributed by atoms with Gasteiger partial charge in [-0.25, -0.2) is 4.79 Å². The fourth-order valence-corrected chi connectivity index (χ4v) is 1.88. The predicted molar refractivity (Wildman–Crippen MR) is 78.8 cm³/mol. The van der Waals surface area contributed by atoms with Crippen LogP contribution in [0, 0.1) is 6.92 Å². The van der Waals surface area contributed by atoms with Gasteiger partial charge < -0.3 is 15.3 Å². The highest BCUT2D eigenvalue weighted by Gasteiger charge is 2.13. The number of anilines is 1. The summed E-state index contributed by atoms with van der Waals surface area (Å²) in [5.74, 6) is 0. The summed E-state index contributed by atoms with van der Waals surface area (Å²) >= 11 is 5.92. The highest BCUT2D eigenvalue weighted by atomic mass is 35.5. The zero-order valence-electron chi connectivity index (χ0n) is 11.4. The standard InChI is InChI=1S/C14H21ClN2O2/c1-3-4-7-17(8-9-18)14(19)16-13-10-12(15)6-5-11(13)2/h5-6,10,18H,3-4,7-9H2,1-2H3,(H,16,19). The van der Waals surface area contributed by atoms with Crippen molar-refractivity contribution in [3.63, 3.8) is 0 Å². The Bertz CT molecular complexity index is 424. The molecule has 106 valence electrons. The number of aliphatic hydroxyl groups is 1. The summed E-state index contributed by atoms with van der Waals surface area (Å²) in [5.41, 5.74) is 1.66. The van der Waals surface area contributed by atoms with Gasteiger partial charge in [0.25, 0.3) is 0 Å². The highest BCUT2D eigenvalue weighted by molar-refractivity contribution is 6.31. The van der Waals surface area contributed by atoms with E-state index < -0.39 is 0 Å². The van der Waals surface area contributed by atoms with Gasteiger partial charge in [0, 0.05) is 23.8 Å². The van der Waals surface area contributed by atoms with Crippen LogP contribution in [0.15, 0.2) is 18.2 Å². The monoisotopic (exact) mass is 284 g/mol. The van der Waals surface area contributed by atoms with Crippen molar-refractivity contribution in [1.82, 2.24) is 4.90 Å². The summed E-state index contributed by atoms with van der Waals surface area (Å²) < 4.78 is 0. The smallest absolute Gasteiger partial charge is 0.321 e. The Morgan fingerprint density at radius 2 is 2.16 bits per heavy atom. The van der Waals surface area contributed by atoms with E-state index in [1.165, 1.54) is 0 Å². The van der Waals surface area contributed by atoms with Crippen LogP contribution in [0.4, 0.5) is 10.5 Å².